The second kappa shape index (κ2) is 5.01. The van der Waals surface area contributed by atoms with Crippen LogP contribution in [-0.2, 0) is 17.4 Å². The summed E-state index contributed by atoms with van der Waals surface area (Å²) in [5.41, 5.74) is 0.604. The summed E-state index contributed by atoms with van der Waals surface area (Å²) in [6.45, 7) is 0. The van der Waals surface area contributed by atoms with Crippen molar-refractivity contribution in [3.8, 4) is 0 Å². The van der Waals surface area contributed by atoms with Crippen LogP contribution < -0.4 is 5.32 Å². The highest BCUT2D eigenvalue weighted by atomic mass is 16.3. The second-order valence-electron chi connectivity index (χ2n) is 5.94. The number of rotatable bonds is 3. The van der Waals surface area contributed by atoms with Crippen LogP contribution in [0.5, 0.6) is 0 Å². The molecule has 1 amide bonds. The number of benzene rings is 2. The molecule has 1 aromatic heterocycles. The molecule has 2 aromatic carbocycles. The Balaban J connectivity index is 1.73. The molecule has 120 valence electrons. The zero-order valence-electron chi connectivity index (χ0n) is 13.0. The van der Waals surface area contributed by atoms with E-state index < -0.39 is 11.5 Å². The lowest BCUT2D eigenvalue weighted by Crippen LogP contribution is -2.37. The van der Waals surface area contributed by atoms with E-state index in [2.05, 4.69) is 10.3 Å². The summed E-state index contributed by atoms with van der Waals surface area (Å²) in [6.07, 6.45) is -0.354. The van der Waals surface area contributed by atoms with E-state index in [0.29, 0.717) is 16.8 Å². The van der Waals surface area contributed by atoms with Crippen LogP contribution in [0, 0.1) is 0 Å². The van der Waals surface area contributed by atoms with Crippen molar-refractivity contribution in [2.24, 2.45) is 7.05 Å². The van der Waals surface area contributed by atoms with Gasteiger partial charge in [0.15, 0.2) is 11.4 Å². The van der Waals surface area contributed by atoms with Crippen molar-refractivity contribution in [1.82, 2.24) is 9.55 Å². The van der Waals surface area contributed by atoms with Crippen LogP contribution in [0.2, 0.25) is 0 Å². The summed E-state index contributed by atoms with van der Waals surface area (Å²) < 4.78 is 1.68. The number of para-hydroxylation sites is 3. The normalized spacial score (nSPS) is 19.3. The summed E-state index contributed by atoms with van der Waals surface area (Å²) in [6, 6.07) is 14.2. The summed E-state index contributed by atoms with van der Waals surface area (Å²) in [5, 5.41) is 13.5. The molecule has 4 rings (SSSR count). The minimum absolute atomic E-state index is 0.224. The van der Waals surface area contributed by atoms with Gasteiger partial charge in [-0.25, -0.2) is 4.98 Å². The lowest BCUT2D eigenvalue weighted by molar-refractivity contribution is -0.133. The van der Waals surface area contributed by atoms with E-state index in [-0.39, 0.29) is 18.0 Å². The maximum absolute atomic E-state index is 12.7. The van der Waals surface area contributed by atoms with Crippen LogP contribution in [0.4, 0.5) is 5.69 Å². The maximum Gasteiger partial charge on any atom is 0.261 e. The first kappa shape index (κ1) is 14.6. The third-order valence-corrected chi connectivity index (χ3v) is 4.45. The Bertz CT molecular complexity index is 992. The topological polar surface area (TPSA) is 84.2 Å². The Kier molecular flexibility index (Phi) is 3.04. The number of aryl methyl sites for hydroxylation is 1. The predicted octanol–water partition coefficient (Wildman–Crippen LogP) is 1.99. The number of aliphatic hydroxyl groups is 1. The number of anilines is 1. The summed E-state index contributed by atoms with van der Waals surface area (Å²) in [5.74, 6) is -0.749. The van der Waals surface area contributed by atoms with Gasteiger partial charge in [0.1, 0.15) is 0 Å². The molecular formula is C18H15N3O3. The zero-order valence-corrected chi connectivity index (χ0v) is 13.0. The molecule has 1 atom stereocenters. The highest BCUT2D eigenvalue weighted by Gasteiger charge is 2.47. The molecule has 2 N–H and O–H groups in total. The minimum Gasteiger partial charge on any atom is -0.375 e. The number of hydrogen-bond donors (Lipinski definition) is 2. The molecule has 6 nitrogen and oxygen atoms in total. The van der Waals surface area contributed by atoms with Gasteiger partial charge in [-0.15, -0.1) is 0 Å². The number of nitrogens with zero attached hydrogens (tertiary/aromatic N) is 2. The van der Waals surface area contributed by atoms with Gasteiger partial charge in [-0.1, -0.05) is 30.3 Å². The van der Waals surface area contributed by atoms with E-state index in [1.54, 1.807) is 35.9 Å². The molecule has 0 radical (unpaired) electrons. The smallest absolute Gasteiger partial charge is 0.261 e. The standard InChI is InChI=1S/C18H15N3O3/c1-21-14-9-5-4-8-13(14)19-16(21)15(22)10-18(24)11-6-2-3-7-12(11)20-17(18)23/h2-9,24H,10H2,1H3,(H,20,23)/t18-/m0/s1. The van der Waals surface area contributed by atoms with Crippen LogP contribution in [-0.4, -0.2) is 26.3 Å². The van der Waals surface area contributed by atoms with Gasteiger partial charge in [-0.05, 0) is 18.2 Å². The fourth-order valence-electron chi connectivity index (χ4n) is 3.18. The van der Waals surface area contributed by atoms with Crippen LogP contribution >= 0.6 is 0 Å². The Hall–Kier alpha value is -2.99. The van der Waals surface area contributed by atoms with Crippen molar-refractivity contribution in [1.29, 1.82) is 0 Å². The molecule has 6 heteroatoms. The van der Waals surface area contributed by atoms with Crippen molar-refractivity contribution in [3.05, 3.63) is 59.9 Å². The summed E-state index contributed by atoms with van der Waals surface area (Å²) >= 11 is 0. The Morgan fingerprint density at radius 3 is 2.71 bits per heavy atom. The van der Waals surface area contributed by atoms with Gasteiger partial charge in [0.2, 0.25) is 5.78 Å². The van der Waals surface area contributed by atoms with Crippen LogP contribution in [0.15, 0.2) is 48.5 Å². The SMILES string of the molecule is Cn1c(C(=O)C[C@@]2(O)C(=O)Nc3ccccc32)nc2ccccc21. The average molecular weight is 321 g/mol. The number of carbonyl (C=O) groups excluding carboxylic acids is 2. The molecule has 0 spiro atoms. The predicted molar refractivity (Wildman–Crippen MR) is 88.6 cm³/mol. The molecular weight excluding hydrogens is 306 g/mol. The fraction of sp³-hybridized carbons (Fsp3) is 0.167. The Morgan fingerprint density at radius 2 is 1.92 bits per heavy atom. The zero-order chi connectivity index (χ0) is 16.9. The lowest BCUT2D eigenvalue weighted by Gasteiger charge is -2.19. The van der Waals surface area contributed by atoms with E-state index in [1.165, 1.54) is 0 Å². The number of hydrogen-bond acceptors (Lipinski definition) is 4. The first-order valence-electron chi connectivity index (χ1n) is 7.59. The van der Waals surface area contributed by atoms with Gasteiger partial charge in [0.25, 0.3) is 5.91 Å². The van der Waals surface area contributed by atoms with Crippen molar-refractivity contribution >= 4 is 28.4 Å². The monoisotopic (exact) mass is 321 g/mol. The van der Waals surface area contributed by atoms with Gasteiger partial charge in [-0.3, -0.25) is 9.59 Å². The highest BCUT2D eigenvalue weighted by molar-refractivity contribution is 6.09. The quantitative estimate of drug-likeness (QED) is 0.723. The first-order chi connectivity index (χ1) is 11.5. The third-order valence-electron chi connectivity index (χ3n) is 4.45. The van der Waals surface area contributed by atoms with E-state index in [4.69, 9.17) is 0 Å². The molecule has 24 heavy (non-hydrogen) atoms. The lowest BCUT2D eigenvalue weighted by atomic mass is 9.90. The summed E-state index contributed by atoms with van der Waals surface area (Å²) in [7, 11) is 1.75. The second-order valence-corrected chi connectivity index (χ2v) is 5.94. The van der Waals surface area contributed by atoms with Crippen molar-refractivity contribution in [2.75, 3.05) is 5.32 Å². The number of ketones is 1. The maximum atomic E-state index is 12.7. The van der Waals surface area contributed by atoms with Crippen LogP contribution in [0.25, 0.3) is 11.0 Å². The molecule has 0 aliphatic carbocycles. The highest BCUT2D eigenvalue weighted by Crippen LogP contribution is 2.38. The van der Waals surface area contributed by atoms with Gasteiger partial charge in [0.05, 0.1) is 17.5 Å². The molecule has 2 heterocycles. The number of fused-ring (bicyclic) bond motifs is 2. The van der Waals surface area contributed by atoms with Gasteiger partial charge in [0, 0.05) is 18.3 Å². The first-order valence-corrected chi connectivity index (χ1v) is 7.59. The molecule has 3 aromatic rings. The number of carbonyl (C=O) groups is 2. The number of imidazole rings is 1. The Morgan fingerprint density at radius 1 is 1.21 bits per heavy atom. The molecule has 0 fully saturated rings. The minimum atomic E-state index is -1.87. The van der Waals surface area contributed by atoms with Crippen LogP contribution in [0.1, 0.15) is 22.6 Å². The van der Waals surface area contributed by atoms with Crippen LogP contribution in [0.3, 0.4) is 0 Å². The molecule has 0 saturated heterocycles. The molecule has 0 saturated carbocycles. The van der Waals surface area contributed by atoms with Gasteiger partial charge >= 0.3 is 0 Å². The van der Waals surface area contributed by atoms with E-state index in [0.717, 1.165) is 5.52 Å². The van der Waals surface area contributed by atoms with E-state index >= 15 is 0 Å². The summed E-state index contributed by atoms with van der Waals surface area (Å²) in [4.78, 5) is 29.3. The molecule has 1 aliphatic rings. The molecule has 1 aliphatic heterocycles. The number of aromatic nitrogens is 2. The van der Waals surface area contributed by atoms with E-state index in [1.807, 2.05) is 24.3 Å². The number of amides is 1. The third kappa shape index (κ3) is 1.97. The number of nitrogens with one attached hydrogen (secondary N) is 1. The Labute approximate surface area is 137 Å². The van der Waals surface area contributed by atoms with Gasteiger partial charge < -0.3 is 15.0 Å². The van der Waals surface area contributed by atoms with Crippen molar-refractivity contribution in [3.63, 3.8) is 0 Å². The number of Topliss-reactive ketones (excluding diaryl/α,β-unsaturated/α-hetero) is 1. The van der Waals surface area contributed by atoms with Crippen molar-refractivity contribution in [2.45, 2.75) is 12.0 Å². The average Bonchev–Trinajstić information content (AvgIpc) is 3.04. The van der Waals surface area contributed by atoms with Crippen molar-refractivity contribution < 1.29 is 14.7 Å². The van der Waals surface area contributed by atoms with Gasteiger partial charge in [-0.2, -0.15) is 0 Å². The van der Waals surface area contributed by atoms with E-state index in [9.17, 15) is 14.7 Å². The largest absolute Gasteiger partial charge is 0.375 e. The fourth-order valence-corrected chi connectivity index (χ4v) is 3.18. The molecule has 0 bridgehead atoms. The molecule has 0 unspecified atom stereocenters.